The van der Waals surface area contributed by atoms with Crippen molar-refractivity contribution in [2.45, 2.75) is 12.8 Å². The number of carbonyl (C=O) groups excluding carboxylic acids is 1. The van der Waals surface area contributed by atoms with E-state index < -0.39 is 0 Å². The van der Waals surface area contributed by atoms with Gasteiger partial charge < -0.3 is 4.90 Å². The molecule has 0 unspecified atom stereocenters. The van der Waals surface area contributed by atoms with Crippen molar-refractivity contribution >= 4 is 5.91 Å². The summed E-state index contributed by atoms with van der Waals surface area (Å²) < 4.78 is 1.76. The molecule has 0 bridgehead atoms. The van der Waals surface area contributed by atoms with Gasteiger partial charge in [-0.1, -0.05) is 54.6 Å². The maximum absolute atomic E-state index is 12.5. The molecule has 0 N–H and O–H groups in total. The second-order valence-electron chi connectivity index (χ2n) is 6.06. The largest absolute Gasteiger partial charge is 0.335 e. The summed E-state index contributed by atoms with van der Waals surface area (Å²) >= 11 is 0. The van der Waals surface area contributed by atoms with E-state index in [0.29, 0.717) is 13.0 Å². The Morgan fingerprint density at radius 2 is 1.73 bits per heavy atom. The Morgan fingerprint density at radius 3 is 2.38 bits per heavy atom. The highest BCUT2D eigenvalue weighted by Crippen LogP contribution is 2.13. The van der Waals surface area contributed by atoms with Gasteiger partial charge in [0.25, 0.3) is 5.91 Å². The number of benzene rings is 2. The third-order valence-electron chi connectivity index (χ3n) is 4.10. The second-order valence-corrected chi connectivity index (χ2v) is 6.06. The second kappa shape index (κ2) is 8.25. The van der Waals surface area contributed by atoms with Crippen molar-refractivity contribution in [1.82, 2.24) is 19.7 Å². The minimum Gasteiger partial charge on any atom is -0.335 e. The van der Waals surface area contributed by atoms with Gasteiger partial charge in [-0.15, -0.1) is 11.7 Å². The maximum Gasteiger partial charge on any atom is 0.293 e. The van der Waals surface area contributed by atoms with E-state index in [1.54, 1.807) is 22.7 Å². The first-order chi connectivity index (χ1) is 12.7. The Morgan fingerprint density at radius 1 is 1.08 bits per heavy atom. The maximum atomic E-state index is 12.5. The molecule has 5 nitrogen and oxygen atoms in total. The summed E-state index contributed by atoms with van der Waals surface area (Å²) in [6.07, 6.45) is 3.22. The third kappa shape index (κ3) is 4.06. The fraction of sp³-hybridized carbons (Fsp3) is 0.190. The number of hydrogen-bond acceptors (Lipinski definition) is 3. The van der Waals surface area contributed by atoms with Gasteiger partial charge in [0.1, 0.15) is 5.82 Å². The lowest BCUT2D eigenvalue weighted by Crippen LogP contribution is -2.27. The molecule has 0 aliphatic rings. The van der Waals surface area contributed by atoms with Gasteiger partial charge in [0.2, 0.25) is 5.82 Å². The fourth-order valence-corrected chi connectivity index (χ4v) is 2.72. The molecular weight excluding hydrogens is 324 g/mol. The number of amides is 1. The van der Waals surface area contributed by atoms with Gasteiger partial charge in [0, 0.05) is 20.0 Å². The van der Waals surface area contributed by atoms with Crippen LogP contribution in [-0.4, -0.2) is 39.2 Å². The first-order valence-electron chi connectivity index (χ1n) is 8.60. The van der Waals surface area contributed by atoms with Crippen LogP contribution in [0.4, 0.5) is 0 Å². The molecule has 132 valence electrons. The van der Waals surface area contributed by atoms with Gasteiger partial charge in [0.05, 0.1) is 5.69 Å². The minimum absolute atomic E-state index is 0.208. The number of aryl methyl sites for hydroxylation is 2. The average Bonchev–Trinajstić information content (AvgIpc) is 3.11. The van der Waals surface area contributed by atoms with Crippen LogP contribution in [-0.2, 0) is 12.8 Å². The standard InChI is InChI=1S/C21H22N4O/c1-3-16-24(2)21(26)20-22-19(15-14-17-10-6-4-7-11-17)25(23-20)18-12-8-5-9-13-18/h3-13H,1,14-16H2,2H3. The molecule has 2 aromatic carbocycles. The third-order valence-corrected chi connectivity index (χ3v) is 4.10. The normalized spacial score (nSPS) is 10.5. The van der Waals surface area contributed by atoms with Crippen LogP contribution in [0.15, 0.2) is 73.3 Å². The lowest BCUT2D eigenvalue weighted by atomic mass is 10.1. The number of carbonyl (C=O) groups is 1. The zero-order valence-electron chi connectivity index (χ0n) is 14.9. The van der Waals surface area contributed by atoms with E-state index >= 15 is 0 Å². The van der Waals surface area contributed by atoms with Crippen LogP contribution in [0.1, 0.15) is 22.0 Å². The quantitative estimate of drug-likeness (QED) is 0.617. The summed E-state index contributed by atoms with van der Waals surface area (Å²) in [5, 5.41) is 4.48. The Hall–Kier alpha value is -3.21. The van der Waals surface area contributed by atoms with Crippen molar-refractivity contribution in [2.24, 2.45) is 0 Å². The Labute approximate surface area is 153 Å². The molecule has 0 atom stereocenters. The SMILES string of the molecule is C=CCN(C)C(=O)c1nc(CCc2ccccc2)n(-c2ccccc2)n1. The highest BCUT2D eigenvalue weighted by atomic mass is 16.2. The van der Waals surface area contributed by atoms with E-state index in [1.165, 1.54) is 5.56 Å². The van der Waals surface area contributed by atoms with Gasteiger partial charge in [-0.3, -0.25) is 4.79 Å². The molecule has 0 aliphatic heterocycles. The molecule has 3 rings (SSSR count). The first kappa shape index (κ1) is 17.6. The topological polar surface area (TPSA) is 51.0 Å². The summed E-state index contributed by atoms with van der Waals surface area (Å²) in [5.41, 5.74) is 2.13. The molecule has 0 spiro atoms. The molecule has 1 heterocycles. The Kier molecular flexibility index (Phi) is 5.59. The van der Waals surface area contributed by atoms with Crippen LogP contribution in [0, 0.1) is 0 Å². The molecule has 26 heavy (non-hydrogen) atoms. The molecule has 1 aromatic heterocycles. The number of likely N-dealkylation sites (N-methyl/N-ethyl adjacent to an activating group) is 1. The van der Waals surface area contributed by atoms with Crippen molar-refractivity contribution in [3.05, 3.63) is 90.5 Å². The van der Waals surface area contributed by atoms with Crippen molar-refractivity contribution < 1.29 is 4.79 Å². The van der Waals surface area contributed by atoms with Crippen LogP contribution < -0.4 is 0 Å². The van der Waals surface area contributed by atoms with Crippen molar-refractivity contribution in [3.8, 4) is 5.69 Å². The summed E-state index contributed by atoms with van der Waals surface area (Å²) in [4.78, 5) is 18.6. The number of para-hydroxylation sites is 1. The van der Waals surface area contributed by atoms with Gasteiger partial charge in [0.15, 0.2) is 0 Å². The molecule has 1 amide bonds. The number of hydrogen-bond donors (Lipinski definition) is 0. The van der Waals surface area contributed by atoms with E-state index in [4.69, 9.17) is 0 Å². The highest BCUT2D eigenvalue weighted by molar-refractivity contribution is 5.90. The molecular formula is C21H22N4O. The minimum atomic E-state index is -0.208. The van der Waals surface area contributed by atoms with Crippen LogP contribution in [0.2, 0.25) is 0 Å². The van der Waals surface area contributed by atoms with Crippen LogP contribution in [0.5, 0.6) is 0 Å². The van der Waals surface area contributed by atoms with Crippen LogP contribution >= 0.6 is 0 Å². The van der Waals surface area contributed by atoms with E-state index in [1.807, 2.05) is 48.5 Å². The Bertz CT molecular complexity index is 872. The van der Waals surface area contributed by atoms with E-state index in [0.717, 1.165) is 17.9 Å². The van der Waals surface area contributed by atoms with E-state index in [2.05, 4.69) is 28.8 Å². The molecule has 0 fully saturated rings. The van der Waals surface area contributed by atoms with Gasteiger partial charge in [-0.2, -0.15) is 0 Å². The summed E-state index contributed by atoms with van der Waals surface area (Å²) in [5.74, 6) is 0.775. The molecule has 3 aromatic rings. The van der Waals surface area contributed by atoms with Crippen LogP contribution in [0.25, 0.3) is 5.69 Å². The van der Waals surface area contributed by atoms with E-state index in [9.17, 15) is 4.79 Å². The average molecular weight is 346 g/mol. The first-order valence-corrected chi connectivity index (χ1v) is 8.60. The molecule has 0 saturated carbocycles. The van der Waals surface area contributed by atoms with Gasteiger partial charge in [-0.25, -0.2) is 9.67 Å². The smallest absolute Gasteiger partial charge is 0.293 e. The fourth-order valence-electron chi connectivity index (χ4n) is 2.72. The molecule has 5 heteroatoms. The molecule has 0 radical (unpaired) electrons. The van der Waals surface area contributed by atoms with E-state index in [-0.39, 0.29) is 11.7 Å². The van der Waals surface area contributed by atoms with Gasteiger partial charge >= 0.3 is 0 Å². The monoisotopic (exact) mass is 346 g/mol. The van der Waals surface area contributed by atoms with Gasteiger partial charge in [-0.05, 0) is 24.1 Å². The lowest BCUT2D eigenvalue weighted by molar-refractivity contribution is 0.0798. The number of nitrogens with zero attached hydrogens (tertiary/aromatic N) is 4. The predicted molar refractivity (Wildman–Crippen MR) is 102 cm³/mol. The summed E-state index contributed by atoms with van der Waals surface area (Å²) in [6.45, 7) is 4.13. The Balaban J connectivity index is 1.90. The highest BCUT2D eigenvalue weighted by Gasteiger charge is 2.20. The van der Waals surface area contributed by atoms with Crippen molar-refractivity contribution in [3.63, 3.8) is 0 Å². The number of rotatable bonds is 7. The van der Waals surface area contributed by atoms with Crippen molar-refractivity contribution in [1.29, 1.82) is 0 Å². The lowest BCUT2D eigenvalue weighted by Gasteiger charge is -2.11. The number of aromatic nitrogens is 3. The van der Waals surface area contributed by atoms with Crippen LogP contribution in [0.3, 0.4) is 0 Å². The summed E-state index contributed by atoms with van der Waals surface area (Å²) in [7, 11) is 1.72. The zero-order chi connectivity index (χ0) is 18.4. The molecule has 0 aliphatic carbocycles. The zero-order valence-corrected chi connectivity index (χ0v) is 14.9. The predicted octanol–water partition coefficient (Wildman–Crippen LogP) is 3.31. The molecule has 0 saturated heterocycles. The summed E-state index contributed by atoms with van der Waals surface area (Å²) in [6, 6.07) is 20.0. The van der Waals surface area contributed by atoms with Crippen molar-refractivity contribution in [2.75, 3.05) is 13.6 Å².